The van der Waals surface area contributed by atoms with Gasteiger partial charge in [-0.15, -0.1) is 11.8 Å². The van der Waals surface area contributed by atoms with E-state index in [1.54, 1.807) is 18.9 Å². The summed E-state index contributed by atoms with van der Waals surface area (Å²) in [6, 6.07) is 20.0. The van der Waals surface area contributed by atoms with Gasteiger partial charge in [-0.2, -0.15) is 5.26 Å². The van der Waals surface area contributed by atoms with Crippen LogP contribution in [0, 0.1) is 17.2 Å². The topological polar surface area (TPSA) is 45.9 Å². The summed E-state index contributed by atoms with van der Waals surface area (Å²) < 4.78 is 5.30. The Morgan fingerprint density at radius 3 is 2.35 bits per heavy atom. The molecule has 3 aromatic rings. The first-order chi connectivity index (χ1) is 15.2. The minimum absolute atomic E-state index is 0.639. The maximum atomic E-state index is 10.0. The van der Waals surface area contributed by atoms with Gasteiger partial charge in [0.1, 0.15) is 16.8 Å². The van der Waals surface area contributed by atoms with Crippen molar-refractivity contribution in [1.82, 2.24) is 4.98 Å². The molecule has 0 atom stereocenters. The van der Waals surface area contributed by atoms with E-state index in [9.17, 15) is 5.26 Å². The fourth-order valence-corrected chi connectivity index (χ4v) is 5.37. The molecule has 1 heterocycles. The molecule has 2 aromatic carbocycles. The number of thioether (sulfide) groups is 1. The Kier molecular flexibility index (Phi) is 7.17. The molecule has 0 saturated heterocycles. The Morgan fingerprint density at radius 2 is 1.71 bits per heavy atom. The number of nitrogens with zero attached hydrogens (tertiary/aromatic N) is 2. The van der Waals surface area contributed by atoms with Gasteiger partial charge in [0.05, 0.1) is 18.4 Å². The number of pyridine rings is 1. The number of hydrogen-bond acceptors (Lipinski definition) is 4. The summed E-state index contributed by atoms with van der Waals surface area (Å²) in [6.07, 6.45) is 6.52. The number of rotatable bonds is 6. The van der Waals surface area contributed by atoms with Crippen molar-refractivity contribution < 1.29 is 4.74 Å². The molecule has 31 heavy (non-hydrogen) atoms. The van der Waals surface area contributed by atoms with E-state index in [4.69, 9.17) is 21.3 Å². The Hall–Kier alpha value is -2.48. The lowest BCUT2D eigenvalue weighted by molar-refractivity contribution is 0.391. The zero-order chi connectivity index (χ0) is 21.6. The average Bonchev–Trinajstić information content (AvgIpc) is 2.83. The minimum atomic E-state index is 0.639. The van der Waals surface area contributed by atoms with Crippen LogP contribution >= 0.6 is 23.4 Å². The molecule has 0 aliphatic heterocycles. The van der Waals surface area contributed by atoms with E-state index in [2.05, 4.69) is 6.07 Å². The van der Waals surface area contributed by atoms with Crippen molar-refractivity contribution in [2.45, 2.75) is 37.1 Å². The molecule has 0 spiro atoms. The number of halogens is 1. The van der Waals surface area contributed by atoms with Crippen molar-refractivity contribution in [3.05, 3.63) is 65.2 Å². The molecule has 158 valence electrons. The number of hydrogen-bond donors (Lipinski definition) is 0. The molecule has 1 fully saturated rings. The van der Waals surface area contributed by atoms with Crippen LogP contribution in [-0.4, -0.2) is 17.8 Å². The van der Waals surface area contributed by atoms with Crippen LogP contribution in [0.5, 0.6) is 5.75 Å². The lowest BCUT2D eigenvalue weighted by Crippen LogP contribution is -2.09. The van der Waals surface area contributed by atoms with Gasteiger partial charge in [-0.1, -0.05) is 43.0 Å². The Morgan fingerprint density at radius 1 is 1.03 bits per heavy atom. The molecule has 1 saturated carbocycles. The Balaban J connectivity index is 1.76. The Labute approximate surface area is 193 Å². The molecule has 5 heteroatoms. The summed E-state index contributed by atoms with van der Waals surface area (Å²) in [6.45, 7) is 0. The van der Waals surface area contributed by atoms with Gasteiger partial charge in [-0.05, 0) is 66.8 Å². The Bertz CT molecular complexity index is 1070. The lowest BCUT2D eigenvalue weighted by Gasteiger charge is -2.21. The van der Waals surface area contributed by atoms with Gasteiger partial charge in [-0.3, -0.25) is 0 Å². The predicted octanol–water partition coefficient (Wildman–Crippen LogP) is 7.62. The average molecular weight is 449 g/mol. The molecule has 1 aliphatic carbocycles. The number of nitriles is 1. The normalized spacial score (nSPS) is 14.2. The zero-order valence-electron chi connectivity index (χ0n) is 17.6. The second-order valence-corrected chi connectivity index (χ2v) is 9.34. The highest BCUT2D eigenvalue weighted by Crippen LogP contribution is 2.37. The highest BCUT2D eigenvalue weighted by molar-refractivity contribution is 7.99. The minimum Gasteiger partial charge on any atom is -0.497 e. The number of aromatic nitrogens is 1. The van der Waals surface area contributed by atoms with Crippen LogP contribution in [0.1, 0.15) is 37.7 Å². The molecule has 0 radical (unpaired) electrons. The third-order valence-electron chi connectivity index (χ3n) is 5.82. The second-order valence-electron chi connectivity index (χ2n) is 7.90. The van der Waals surface area contributed by atoms with Crippen molar-refractivity contribution in [2.24, 2.45) is 5.92 Å². The quantitative estimate of drug-likeness (QED) is 0.364. The monoisotopic (exact) mass is 448 g/mol. The molecule has 1 aliphatic rings. The van der Waals surface area contributed by atoms with Crippen molar-refractivity contribution in [2.75, 3.05) is 12.9 Å². The van der Waals surface area contributed by atoms with Crippen LogP contribution in [0.2, 0.25) is 5.02 Å². The molecule has 4 rings (SSSR count). The summed E-state index contributed by atoms with van der Waals surface area (Å²) in [7, 11) is 1.66. The van der Waals surface area contributed by atoms with Gasteiger partial charge >= 0.3 is 0 Å². The van der Waals surface area contributed by atoms with E-state index in [0.717, 1.165) is 38.9 Å². The van der Waals surface area contributed by atoms with Gasteiger partial charge in [-0.25, -0.2) is 4.98 Å². The largest absolute Gasteiger partial charge is 0.497 e. The molecule has 0 amide bonds. The molecule has 0 bridgehead atoms. The summed E-state index contributed by atoms with van der Waals surface area (Å²) >= 11 is 7.82. The fraction of sp³-hybridized carbons (Fsp3) is 0.308. The molecular formula is C26H25ClN2OS. The number of benzene rings is 2. The van der Waals surface area contributed by atoms with Crippen LogP contribution < -0.4 is 4.74 Å². The summed E-state index contributed by atoms with van der Waals surface area (Å²) in [4.78, 5) is 4.93. The highest BCUT2D eigenvalue weighted by Gasteiger charge is 2.19. The van der Waals surface area contributed by atoms with Crippen LogP contribution in [-0.2, 0) is 0 Å². The van der Waals surface area contributed by atoms with Crippen LogP contribution in [0.4, 0.5) is 0 Å². The zero-order valence-corrected chi connectivity index (χ0v) is 19.2. The third kappa shape index (κ3) is 5.23. The van der Waals surface area contributed by atoms with Crippen molar-refractivity contribution >= 4 is 23.4 Å². The van der Waals surface area contributed by atoms with E-state index in [-0.39, 0.29) is 0 Å². The van der Waals surface area contributed by atoms with E-state index in [0.29, 0.717) is 16.5 Å². The van der Waals surface area contributed by atoms with E-state index >= 15 is 0 Å². The van der Waals surface area contributed by atoms with Crippen LogP contribution in [0.25, 0.3) is 22.4 Å². The third-order valence-corrected chi connectivity index (χ3v) is 7.28. The maximum absolute atomic E-state index is 10.0. The molecule has 1 aromatic heterocycles. The van der Waals surface area contributed by atoms with Gasteiger partial charge in [0.2, 0.25) is 0 Å². The number of methoxy groups -OCH3 is 1. The van der Waals surface area contributed by atoms with Gasteiger partial charge in [0, 0.05) is 21.9 Å². The fourth-order valence-electron chi connectivity index (χ4n) is 4.05. The van der Waals surface area contributed by atoms with Crippen molar-refractivity contribution in [1.29, 1.82) is 5.26 Å². The first-order valence-electron chi connectivity index (χ1n) is 10.7. The van der Waals surface area contributed by atoms with Gasteiger partial charge in [0.25, 0.3) is 0 Å². The SMILES string of the molecule is COc1ccc(-c2cc(-c3ccc(Cl)cc3)c(C#N)c(SCC3CCCCC3)n2)cc1. The smallest absolute Gasteiger partial charge is 0.118 e. The van der Waals surface area contributed by atoms with E-state index in [1.165, 1.54) is 32.1 Å². The van der Waals surface area contributed by atoms with Crippen LogP contribution in [0.3, 0.4) is 0 Å². The first-order valence-corrected chi connectivity index (χ1v) is 12.0. The van der Waals surface area contributed by atoms with E-state index < -0.39 is 0 Å². The second kappa shape index (κ2) is 10.2. The molecule has 3 nitrogen and oxygen atoms in total. The highest BCUT2D eigenvalue weighted by atomic mass is 35.5. The summed E-state index contributed by atoms with van der Waals surface area (Å²) in [5, 5.41) is 11.5. The molecule has 0 unspecified atom stereocenters. The first kappa shape index (κ1) is 21.7. The summed E-state index contributed by atoms with van der Waals surface area (Å²) in [5.74, 6) is 2.52. The molecular weight excluding hydrogens is 424 g/mol. The van der Waals surface area contributed by atoms with E-state index in [1.807, 2.05) is 54.6 Å². The van der Waals surface area contributed by atoms with Crippen molar-refractivity contribution in [3.8, 4) is 34.2 Å². The molecule has 0 N–H and O–H groups in total. The maximum Gasteiger partial charge on any atom is 0.118 e. The van der Waals surface area contributed by atoms with Gasteiger partial charge in [0.15, 0.2) is 0 Å². The van der Waals surface area contributed by atoms with Crippen LogP contribution in [0.15, 0.2) is 59.6 Å². The standard InChI is InChI=1S/C26H25ClN2OS/c1-30-22-13-9-20(10-14-22)25-15-23(19-7-11-21(27)12-8-19)24(16-28)26(29-25)31-17-18-5-3-2-4-6-18/h7-15,18H,2-6,17H2,1H3. The lowest BCUT2D eigenvalue weighted by atomic mass is 9.91. The predicted molar refractivity (Wildman–Crippen MR) is 129 cm³/mol. The van der Waals surface area contributed by atoms with Crippen molar-refractivity contribution in [3.63, 3.8) is 0 Å². The van der Waals surface area contributed by atoms with Gasteiger partial charge < -0.3 is 4.74 Å². The summed E-state index contributed by atoms with van der Waals surface area (Å²) in [5.41, 5.74) is 4.36. The number of ether oxygens (including phenoxy) is 1.